The molecule has 0 bridgehead atoms. The number of hydrogen-bond donors (Lipinski definition) is 1. The van der Waals surface area contributed by atoms with Gasteiger partial charge >= 0.3 is 0 Å². The summed E-state index contributed by atoms with van der Waals surface area (Å²) in [7, 11) is 0. The summed E-state index contributed by atoms with van der Waals surface area (Å²) in [6.45, 7) is -0.150. The molecule has 5 nitrogen and oxygen atoms in total. The number of nitriles is 1. The first-order valence-corrected chi connectivity index (χ1v) is 7.65. The quantitative estimate of drug-likeness (QED) is 0.857. The molecule has 0 spiro atoms. The summed E-state index contributed by atoms with van der Waals surface area (Å²) in [5.41, 5.74) is 0.473. The predicted octanol–water partition coefficient (Wildman–Crippen LogP) is 2.97. The zero-order valence-corrected chi connectivity index (χ0v) is 13.3. The number of anilines is 2. The molecule has 1 fully saturated rings. The summed E-state index contributed by atoms with van der Waals surface area (Å²) in [6.07, 6.45) is -0.180. The van der Waals surface area contributed by atoms with Gasteiger partial charge in [-0.15, -0.1) is 0 Å². The predicted molar refractivity (Wildman–Crippen MR) is 86.6 cm³/mol. The lowest BCUT2D eigenvalue weighted by molar-refractivity contribution is -0.122. The van der Waals surface area contributed by atoms with Crippen molar-refractivity contribution in [2.45, 2.75) is 6.42 Å². The summed E-state index contributed by atoms with van der Waals surface area (Å²) >= 11 is 0. The molecule has 1 heterocycles. The van der Waals surface area contributed by atoms with Gasteiger partial charge in [0.1, 0.15) is 0 Å². The minimum atomic E-state index is -1.67. The van der Waals surface area contributed by atoms with Crippen molar-refractivity contribution in [3.63, 3.8) is 0 Å². The lowest BCUT2D eigenvalue weighted by Gasteiger charge is -2.17. The van der Waals surface area contributed by atoms with Crippen molar-refractivity contribution in [3.05, 3.63) is 59.4 Å². The standard InChI is InChI=1S/C18H12F3N3O2/c19-13-5-6-14(17(21)16(13)20)24-9-11(7-15(24)25)18(26)23-12-3-1-10(8-22)2-4-12/h1-6,11H,7,9H2,(H,23,26). The molecule has 8 heteroatoms. The van der Waals surface area contributed by atoms with Gasteiger partial charge in [-0.2, -0.15) is 5.26 Å². The van der Waals surface area contributed by atoms with E-state index in [1.165, 1.54) is 12.1 Å². The number of halogens is 3. The van der Waals surface area contributed by atoms with E-state index >= 15 is 0 Å². The van der Waals surface area contributed by atoms with Crippen LogP contribution in [0, 0.1) is 34.7 Å². The highest BCUT2D eigenvalue weighted by atomic mass is 19.2. The Kier molecular flexibility index (Phi) is 4.63. The van der Waals surface area contributed by atoms with E-state index in [4.69, 9.17) is 5.26 Å². The molecule has 0 aliphatic carbocycles. The topological polar surface area (TPSA) is 73.2 Å². The number of hydrogen-bond acceptors (Lipinski definition) is 3. The second kappa shape index (κ2) is 6.88. The van der Waals surface area contributed by atoms with Gasteiger partial charge in [0, 0.05) is 18.7 Å². The van der Waals surface area contributed by atoms with Crippen LogP contribution in [0.1, 0.15) is 12.0 Å². The molecule has 2 aromatic carbocycles. The summed E-state index contributed by atoms with van der Waals surface area (Å²) in [6, 6.07) is 9.78. The fraction of sp³-hybridized carbons (Fsp3) is 0.167. The third kappa shape index (κ3) is 3.24. The number of benzene rings is 2. The lowest BCUT2D eigenvalue weighted by Crippen LogP contribution is -2.29. The maximum atomic E-state index is 13.9. The van der Waals surface area contributed by atoms with E-state index in [1.54, 1.807) is 12.1 Å². The van der Waals surface area contributed by atoms with Crippen LogP contribution in [0.5, 0.6) is 0 Å². The third-order valence-corrected chi connectivity index (χ3v) is 4.08. The summed E-state index contributed by atoms with van der Waals surface area (Å²) in [4.78, 5) is 25.3. The molecule has 0 radical (unpaired) electrons. The Morgan fingerprint density at radius 3 is 2.46 bits per heavy atom. The molecule has 1 aliphatic rings. The highest BCUT2D eigenvalue weighted by Crippen LogP contribution is 2.30. The van der Waals surface area contributed by atoms with E-state index in [2.05, 4.69) is 5.32 Å². The SMILES string of the molecule is N#Cc1ccc(NC(=O)C2CC(=O)N(c3ccc(F)c(F)c3F)C2)cc1. The van der Waals surface area contributed by atoms with E-state index < -0.39 is 40.9 Å². The van der Waals surface area contributed by atoms with Crippen LogP contribution in [0.2, 0.25) is 0 Å². The van der Waals surface area contributed by atoms with Gasteiger partial charge in [-0.25, -0.2) is 13.2 Å². The summed E-state index contributed by atoms with van der Waals surface area (Å²) < 4.78 is 40.3. The summed E-state index contributed by atoms with van der Waals surface area (Å²) in [5, 5.41) is 11.4. The molecule has 1 aliphatic heterocycles. The molecule has 2 aromatic rings. The van der Waals surface area contributed by atoms with E-state index in [1.807, 2.05) is 6.07 Å². The third-order valence-electron chi connectivity index (χ3n) is 4.08. The smallest absolute Gasteiger partial charge is 0.229 e. The molecule has 1 atom stereocenters. The van der Waals surface area contributed by atoms with Crippen LogP contribution in [0.15, 0.2) is 36.4 Å². The number of nitrogens with one attached hydrogen (secondary N) is 1. The van der Waals surface area contributed by atoms with Crippen molar-refractivity contribution in [3.8, 4) is 6.07 Å². The van der Waals surface area contributed by atoms with Gasteiger partial charge in [0.25, 0.3) is 0 Å². The fourth-order valence-electron chi connectivity index (χ4n) is 2.71. The minimum Gasteiger partial charge on any atom is -0.326 e. The molecule has 1 N–H and O–H groups in total. The largest absolute Gasteiger partial charge is 0.326 e. The average molecular weight is 359 g/mol. The van der Waals surface area contributed by atoms with E-state index in [0.717, 1.165) is 17.0 Å². The highest BCUT2D eigenvalue weighted by molar-refractivity contribution is 6.03. The summed E-state index contributed by atoms with van der Waals surface area (Å²) in [5.74, 6) is -6.28. The molecule has 2 amide bonds. The molecule has 1 unspecified atom stereocenters. The number of carbonyl (C=O) groups is 2. The Morgan fingerprint density at radius 1 is 1.12 bits per heavy atom. The fourth-order valence-corrected chi connectivity index (χ4v) is 2.71. The van der Waals surface area contributed by atoms with Gasteiger partial charge in [0.15, 0.2) is 17.5 Å². The molecule has 1 saturated heterocycles. The van der Waals surface area contributed by atoms with Crippen LogP contribution in [-0.2, 0) is 9.59 Å². The Hall–Kier alpha value is -3.34. The van der Waals surface area contributed by atoms with Crippen LogP contribution in [-0.4, -0.2) is 18.4 Å². The molecule has 0 saturated carbocycles. The van der Waals surface area contributed by atoms with Crippen molar-refractivity contribution >= 4 is 23.2 Å². The van der Waals surface area contributed by atoms with Crippen molar-refractivity contribution < 1.29 is 22.8 Å². The molecular weight excluding hydrogens is 347 g/mol. The Bertz CT molecular complexity index is 923. The number of nitrogens with zero attached hydrogens (tertiary/aromatic N) is 2. The van der Waals surface area contributed by atoms with Crippen LogP contribution in [0.4, 0.5) is 24.5 Å². The first-order chi connectivity index (χ1) is 12.4. The van der Waals surface area contributed by atoms with Gasteiger partial charge in [-0.3, -0.25) is 9.59 Å². The first-order valence-electron chi connectivity index (χ1n) is 7.65. The normalized spacial score (nSPS) is 16.5. The zero-order valence-electron chi connectivity index (χ0n) is 13.3. The van der Waals surface area contributed by atoms with Gasteiger partial charge in [0.2, 0.25) is 11.8 Å². The van der Waals surface area contributed by atoms with Gasteiger partial charge in [-0.1, -0.05) is 0 Å². The zero-order chi connectivity index (χ0) is 18.8. The van der Waals surface area contributed by atoms with Crippen molar-refractivity contribution in [2.75, 3.05) is 16.8 Å². The maximum absolute atomic E-state index is 13.9. The van der Waals surface area contributed by atoms with E-state index in [9.17, 15) is 22.8 Å². The second-order valence-electron chi connectivity index (χ2n) is 5.78. The lowest BCUT2D eigenvalue weighted by atomic mass is 10.1. The van der Waals surface area contributed by atoms with Crippen LogP contribution in [0.3, 0.4) is 0 Å². The first kappa shape index (κ1) is 17.5. The van der Waals surface area contributed by atoms with Gasteiger partial charge in [0.05, 0.1) is 23.2 Å². The Balaban J connectivity index is 1.74. The number of rotatable bonds is 3. The average Bonchev–Trinajstić information content (AvgIpc) is 3.02. The van der Waals surface area contributed by atoms with Crippen molar-refractivity contribution in [1.29, 1.82) is 5.26 Å². The highest BCUT2D eigenvalue weighted by Gasteiger charge is 2.37. The van der Waals surface area contributed by atoms with Crippen LogP contribution < -0.4 is 10.2 Å². The maximum Gasteiger partial charge on any atom is 0.229 e. The van der Waals surface area contributed by atoms with Crippen molar-refractivity contribution in [2.24, 2.45) is 5.92 Å². The monoisotopic (exact) mass is 359 g/mol. The molecule has 0 aromatic heterocycles. The van der Waals surface area contributed by atoms with Crippen LogP contribution >= 0.6 is 0 Å². The Morgan fingerprint density at radius 2 is 1.81 bits per heavy atom. The number of carbonyl (C=O) groups excluding carboxylic acids is 2. The number of amides is 2. The van der Waals surface area contributed by atoms with Crippen LogP contribution in [0.25, 0.3) is 0 Å². The minimum absolute atomic E-state index is 0.150. The molecule has 3 rings (SSSR count). The van der Waals surface area contributed by atoms with Gasteiger partial charge in [-0.05, 0) is 36.4 Å². The van der Waals surface area contributed by atoms with Gasteiger partial charge < -0.3 is 10.2 Å². The molecular formula is C18H12F3N3O2. The van der Waals surface area contributed by atoms with E-state index in [0.29, 0.717) is 11.3 Å². The Labute approximate surface area is 146 Å². The molecule has 132 valence electrons. The van der Waals surface area contributed by atoms with E-state index in [-0.39, 0.29) is 13.0 Å². The van der Waals surface area contributed by atoms with Crippen molar-refractivity contribution in [1.82, 2.24) is 0 Å². The molecule has 26 heavy (non-hydrogen) atoms. The second-order valence-corrected chi connectivity index (χ2v) is 5.78.